The van der Waals surface area contributed by atoms with Gasteiger partial charge in [-0.2, -0.15) is 18.3 Å². The van der Waals surface area contributed by atoms with Gasteiger partial charge in [-0.1, -0.05) is 11.6 Å². The van der Waals surface area contributed by atoms with E-state index in [0.717, 1.165) is 28.2 Å². The van der Waals surface area contributed by atoms with Gasteiger partial charge in [0.05, 0.1) is 21.8 Å². The molecular formula is C20H20ClF3N6O2S. The average Bonchev–Trinajstić information content (AvgIpc) is 3.34. The molecule has 0 spiro atoms. The smallest absolute Gasteiger partial charge is 0.397 e. The number of rotatable bonds is 7. The highest BCUT2D eigenvalue weighted by molar-refractivity contribution is 7.98. The highest BCUT2D eigenvalue weighted by Crippen LogP contribution is 2.57. The molecule has 3 aromatic heterocycles. The molecule has 0 unspecified atom stereocenters. The van der Waals surface area contributed by atoms with E-state index in [-0.39, 0.29) is 35.3 Å². The van der Waals surface area contributed by atoms with Gasteiger partial charge in [0.15, 0.2) is 5.82 Å². The first-order valence-corrected chi connectivity index (χ1v) is 11.1. The standard InChI is InChI=1S/C20H20ClF3N6O2S/c1-11-16(12(2)29(3)26-11)33-28-18(31)13-4-5-14(25-17(13)21)30-9-6-15(27-30)32-10-19(7-8-19)20(22,23)24/h4-6,9H,7-8,10H2,1-3H3,(H,28,31). The molecular weight excluding hydrogens is 481 g/mol. The van der Waals surface area contributed by atoms with E-state index in [2.05, 4.69) is 19.9 Å². The van der Waals surface area contributed by atoms with Gasteiger partial charge in [0.1, 0.15) is 17.2 Å². The Labute approximate surface area is 196 Å². The molecule has 0 atom stereocenters. The van der Waals surface area contributed by atoms with Crippen LogP contribution in [0.3, 0.4) is 0 Å². The first-order chi connectivity index (χ1) is 15.5. The molecule has 1 fully saturated rings. The summed E-state index contributed by atoms with van der Waals surface area (Å²) in [5.41, 5.74) is 0.0889. The molecule has 176 valence electrons. The minimum Gasteiger partial charge on any atom is -0.476 e. The molecule has 0 saturated heterocycles. The van der Waals surface area contributed by atoms with Crippen molar-refractivity contribution in [1.29, 1.82) is 0 Å². The predicted octanol–water partition coefficient (Wildman–Crippen LogP) is 4.43. The lowest BCUT2D eigenvalue weighted by Crippen LogP contribution is -2.30. The minimum atomic E-state index is -4.30. The van der Waals surface area contributed by atoms with Gasteiger partial charge in [0, 0.05) is 19.3 Å². The SMILES string of the molecule is Cc1nn(C)c(C)c1SNC(=O)c1ccc(-n2ccc(OCC3(C(F)(F)F)CC3)n2)nc1Cl. The number of hydrogen-bond donors (Lipinski definition) is 1. The number of nitrogens with one attached hydrogen (secondary N) is 1. The van der Waals surface area contributed by atoms with Crippen molar-refractivity contribution in [2.75, 3.05) is 6.61 Å². The van der Waals surface area contributed by atoms with E-state index in [4.69, 9.17) is 16.3 Å². The lowest BCUT2D eigenvalue weighted by atomic mass is 10.1. The molecule has 13 heteroatoms. The quantitative estimate of drug-likeness (QED) is 0.381. The molecule has 1 N–H and O–H groups in total. The minimum absolute atomic E-state index is 0.0443. The van der Waals surface area contributed by atoms with Crippen LogP contribution in [0.15, 0.2) is 29.3 Å². The number of halogens is 4. The summed E-state index contributed by atoms with van der Waals surface area (Å²) in [5.74, 6) is -0.100. The monoisotopic (exact) mass is 500 g/mol. The number of pyridine rings is 1. The zero-order valence-electron chi connectivity index (χ0n) is 17.9. The third-order valence-electron chi connectivity index (χ3n) is 5.52. The van der Waals surface area contributed by atoms with Crippen LogP contribution in [0.25, 0.3) is 5.82 Å². The Morgan fingerprint density at radius 2 is 2.00 bits per heavy atom. The van der Waals surface area contributed by atoms with Gasteiger partial charge in [-0.05, 0) is 50.8 Å². The van der Waals surface area contributed by atoms with E-state index in [1.807, 2.05) is 20.9 Å². The van der Waals surface area contributed by atoms with Crippen LogP contribution >= 0.6 is 23.5 Å². The van der Waals surface area contributed by atoms with Crippen LogP contribution < -0.4 is 9.46 Å². The highest BCUT2D eigenvalue weighted by atomic mass is 35.5. The normalized spacial score (nSPS) is 14.9. The topological polar surface area (TPSA) is 86.9 Å². The molecule has 1 saturated carbocycles. The molecule has 3 heterocycles. The third-order valence-corrected chi connectivity index (χ3v) is 6.89. The summed E-state index contributed by atoms with van der Waals surface area (Å²) in [5, 5.41) is 8.35. The van der Waals surface area contributed by atoms with E-state index in [0.29, 0.717) is 0 Å². The molecule has 1 amide bonds. The van der Waals surface area contributed by atoms with Crippen LogP contribution in [0.1, 0.15) is 34.6 Å². The fourth-order valence-corrected chi connectivity index (χ4v) is 4.17. The van der Waals surface area contributed by atoms with Gasteiger partial charge in [-0.15, -0.1) is 5.10 Å². The lowest BCUT2D eigenvalue weighted by Gasteiger charge is -2.18. The van der Waals surface area contributed by atoms with Crippen molar-refractivity contribution in [1.82, 2.24) is 29.3 Å². The molecule has 33 heavy (non-hydrogen) atoms. The van der Waals surface area contributed by atoms with Gasteiger partial charge in [-0.25, -0.2) is 9.67 Å². The first kappa shape index (κ1) is 23.4. The van der Waals surface area contributed by atoms with Crippen LogP contribution in [-0.4, -0.2) is 43.2 Å². The molecule has 1 aliphatic carbocycles. The molecule has 0 radical (unpaired) electrons. The number of aromatic nitrogens is 5. The van der Waals surface area contributed by atoms with Crippen LogP contribution in [0.5, 0.6) is 5.88 Å². The summed E-state index contributed by atoms with van der Waals surface area (Å²) in [6.45, 7) is 3.27. The highest BCUT2D eigenvalue weighted by Gasteiger charge is 2.64. The van der Waals surface area contributed by atoms with E-state index < -0.39 is 24.1 Å². The second-order valence-electron chi connectivity index (χ2n) is 7.83. The molecule has 3 aromatic rings. The van der Waals surface area contributed by atoms with Crippen molar-refractivity contribution in [3.05, 3.63) is 46.5 Å². The number of carbonyl (C=O) groups is 1. The number of aryl methyl sites for hydroxylation is 2. The predicted molar refractivity (Wildman–Crippen MR) is 116 cm³/mol. The molecule has 4 rings (SSSR count). The molecule has 8 nitrogen and oxygen atoms in total. The van der Waals surface area contributed by atoms with E-state index in [1.165, 1.54) is 29.1 Å². The third kappa shape index (κ3) is 4.67. The van der Waals surface area contributed by atoms with Gasteiger partial charge >= 0.3 is 6.18 Å². The summed E-state index contributed by atoms with van der Waals surface area (Å²) in [7, 11) is 1.82. The average molecular weight is 501 g/mol. The van der Waals surface area contributed by atoms with Gasteiger partial charge < -0.3 is 4.74 Å². The molecule has 0 aliphatic heterocycles. The van der Waals surface area contributed by atoms with Crippen molar-refractivity contribution in [3.8, 4) is 11.7 Å². The maximum absolute atomic E-state index is 13.0. The first-order valence-electron chi connectivity index (χ1n) is 9.90. The van der Waals surface area contributed by atoms with Crippen LogP contribution in [0, 0.1) is 19.3 Å². The van der Waals surface area contributed by atoms with Gasteiger partial charge in [-0.3, -0.25) is 14.2 Å². The Hall–Kier alpha value is -2.73. The Kier molecular flexibility index (Phi) is 6.08. The fraction of sp³-hybridized carbons (Fsp3) is 0.400. The molecule has 1 aliphatic rings. The number of nitrogens with zero attached hydrogens (tertiary/aromatic N) is 5. The van der Waals surface area contributed by atoms with Crippen LogP contribution in [-0.2, 0) is 7.05 Å². The number of amides is 1. The number of hydrogen-bond acceptors (Lipinski definition) is 6. The Morgan fingerprint density at radius 1 is 1.27 bits per heavy atom. The fourth-order valence-electron chi connectivity index (χ4n) is 3.16. The summed E-state index contributed by atoms with van der Waals surface area (Å²) in [6.07, 6.45) is -2.70. The molecule has 0 bridgehead atoms. The van der Waals surface area contributed by atoms with Crippen LogP contribution in [0.4, 0.5) is 13.2 Å². The van der Waals surface area contributed by atoms with Crippen molar-refractivity contribution in [2.24, 2.45) is 12.5 Å². The van der Waals surface area contributed by atoms with E-state index >= 15 is 0 Å². The zero-order chi connectivity index (χ0) is 24.0. The lowest BCUT2D eigenvalue weighted by molar-refractivity contribution is -0.194. The van der Waals surface area contributed by atoms with E-state index in [1.54, 1.807) is 4.68 Å². The number of ether oxygens (including phenoxy) is 1. The Morgan fingerprint density at radius 3 is 2.58 bits per heavy atom. The second kappa shape index (κ2) is 8.56. The summed E-state index contributed by atoms with van der Waals surface area (Å²) in [4.78, 5) is 17.6. The maximum atomic E-state index is 13.0. The summed E-state index contributed by atoms with van der Waals surface area (Å²) >= 11 is 7.35. The van der Waals surface area contributed by atoms with Crippen molar-refractivity contribution < 1.29 is 22.7 Å². The Balaban J connectivity index is 1.41. The second-order valence-corrected chi connectivity index (χ2v) is 9.00. The molecule has 0 aromatic carbocycles. The van der Waals surface area contributed by atoms with Crippen molar-refractivity contribution in [2.45, 2.75) is 37.8 Å². The largest absolute Gasteiger partial charge is 0.476 e. The maximum Gasteiger partial charge on any atom is 0.397 e. The number of carbonyl (C=O) groups excluding carboxylic acids is 1. The van der Waals surface area contributed by atoms with Gasteiger partial charge in [0.2, 0.25) is 5.88 Å². The van der Waals surface area contributed by atoms with E-state index in [9.17, 15) is 18.0 Å². The number of alkyl halides is 3. The van der Waals surface area contributed by atoms with Crippen molar-refractivity contribution in [3.63, 3.8) is 0 Å². The van der Waals surface area contributed by atoms with Gasteiger partial charge in [0.25, 0.3) is 5.91 Å². The summed E-state index contributed by atoms with van der Waals surface area (Å²) in [6, 6.07) is 4.47. The van der Waals surface area contributed by atoms with Crippen molar-refractivity contribution >= 4 is 29.5 Å². The van der Waals surface area contributed by atoms with Crippen LogP contribution in [0.2, 0.25) is 5.15 Å². The summed E-state index contributed by atoms with van der Waals surface area (Å²) < 4.78 is 50.1. The Bertz CT molecular complexity index is 1210. The zero-order valence-corrected chi connectivity index (χ0v) is 19.5.